The van der Waals surface area contributed by atoms with E-state index in [9.17, 15) is 14.7 Å². The van der Waals surface area contributed by atoms with Crippen molar-refractivity contribution in [3.63, 3.8) is 0 Å². The summed E-state index contributed by atoms with van der Waals surface area (Å²) in [5, 5.41) is 15.8. The standard InChI is InChI=1S/C28H30N6O3/c1-27(2,37)28(11-12-28)26(36)32-16-25-31-14-23(34-25)21-9-5-19(6-10-21)18-3-7-20(8-4-18)22-13-30-24(33-22)15-29-17-35/h3-10,13-14,17,37H,11-12,15-16H2,1-2H3,(H,29,35)(H,30,33)(H,31,34)(H,32,36). The summed E-state index contributed by atoms with van der Waals surface area (Å²) in [6.07, 6.45) is 5.57. The van der Waals surface area contributed by atoms with E-state index in [4.69, 9.17) is 0 Å². The third kappa shape index (κ3) is 5.03. The molecule has 37 heavy (non-hydrogen) atoms. The Bertz CT molecular complexity index is 1390. The Morgan fingerprint density at radius 3 is 1.78 bits per heavy atom. The van der Waals surface area contributed by atoms with Crippen molar-refractivity contribution in [3.8, 4) is 33.6 Å². The van der Waals surface area contributed by atoms with E-state index in [1.807, 2.05) is 24.3 Å². The van der Waals surface area contributed by atoms with Gasteiger partial charge in [-0.25, -0.2) is 9.97 Å². The number of carbonyl (C=O) groups is 2. The number of hydrogen-bond donors (Lipinski definition) is 5. The van der Waals surface area contributed by atoms with Crippen molar-refractivity contribution in [2.24, 2.45) is 5.41 Å². The fourth-order valence-electron chi connectivity index (χ4n) is 4.60. The van der Waals surface area contributed by atoms with Crippen molar-refractivity contribution in [2.45, 2.75) is 45.4 Å². The molecule has 1 aliphatic carbocycles. The molecular weight excluding hydrogens is 468 g/mol. The van der Waals surface area contributed by atoms with Gasteiger partial charge in [-0.3, -0.25) is 9.59 Å². The van der Waals surface area contributed by atoms with Crippen molar-refractivity contribution in [3.05, 3.63) is 72.6 Å². The Morgan fingerprint density at radius 2 is 1.35 bits per heavy atom. The molecule has 4 aromatic rings. The molecule has 9 nitrogen and oxygen atoms in total. The Labute approximate surface area is 214 Å². The number of nitrogens with zero attached hydrogens (tertiary/aromatic N) is 2. The highest BCUT2D eigenvalue weighted by Crippen LogP contribution is 2.54. The highest BCUT2D eigenvalue weighted by Gasteiger charge is 2.59. The molecule has 0 bridgehead atoms. The van der Waals surface area contributed by atoms with Crippen LogP contribution in [0, 0.1) is 5.41 Å². The van der Waals surface area contributed by atoms with Gasteiger partial charge in [-0.2, -0.15) is 0 Å². The molecule has 0 radical (unpaired) electrons. The molecule has 1 fully saturated rings. The van der Waals surface area contributed by atoms with Gasteiger partial charge in [0, 0.05) is 0 Å². The highest BCUT2D eigenvalue weighted by atomic mass is 16.3. The molecule has 0 saturated heterocycles. The summed E-state index contributed by atoms with van der Waals surface area (Å²) >= 11 is 0. The van der Waals surface area contributed by atoms with Gasteiger partial charge in [0.1, 0.15) is 11.6 Å². The zero-order valence-electron chi connectivity index (χ0n) is 20.8. The minimum atomic E-state index is -1.04. The summed E-state index contributed by atoms with van der Waals surface area (Å²) < 4.78 is 0. The molecule has 0 atom stereocenters. The average Bonchev–Trinajstić information content (AvgIpc) is 3.38. The van der Waals surface area contributed by atoms with E-state index in [0.717, 1.165) is 33.6 Å². The molecule has 190 valence electrons. The zero-order chi connectivity index (χ0) is 26.0. The van der Waals surface area contributed by atoms with Crippen molar-refractivity contribution >= 4 is 12.3 Å². The molecule has 2 heterocycles. The van der Waals surface area contributed by atoms with Gasteiger partial charge in [-0.1, -0.05) is 48.5 Å². The lowest BCUT2D eigenvalue weighted by molar-refractivity contribution is -0.135. The van der Waals surface area contributed by atoms with Gasteiger partial charge in [0.15, 0.2) is 0 Å². The molecule has 0 spiro atoms. The largest absolute Gasteiger partial charge is 0.389 e. The summed E-state index contributed by atoms with van der Waals surface area (Å²) in [6.45, 7) is 4.03. The molecule has 2 aromatic carbocycles. The number of carbonyl (C=O) groups excluding carboxylic acids is 2. The number of rotatable bonds is 10. The van der Waals surface area contributed by atoms with Crippen LogP contribution in [0.2, 0.25) is 0 Å². The van der Waals surface area contributed by atoms with E-state index >= 15 is 0 Å². The van der Waals surface area contributed by atoms with E-state index in [2.05, 4.69) is 54.8 Å². The van der Waals surface area contributed by atoms with Crippen LogP contribution < -0.4 is 10.6 Å². The lowest BCUT2D eigenvalue weighted by atomic mass is 9.87. The number of aromatic amines is 2. The maximum Gasteiger partial charge on any atom is 0.229 e. The number of imidazole rings is 2. The van der Waals surface area contributed by atoms with Crippen LogP contribution in [0.3, 0.4) is 0 Å². The van der Waals surface area contributed by atoms with E-state index in [-0.39, 0.29) is 12.5 Å². The number of benzene rings is 2. The number of nitrogens with one attached hydrogen (secondary N) is 4. The molecule has 5 rings (SSSR count). The zero-order valence-corrected chi connectivity index (χ0v) is 20.8. The van der Waals surface area contributed by atoms with Crippen LogP contribution in [0.25, 0.3) is 33.6 Å². The first-order chi connectivity index (χ1) is 17.8. The van der Waals surface area contributed by atoms with Crippen LogP contribution in [0.15, 0.2) is 60.9 Å². The first-order valence-electron chi connectivity index (χ1n) is 12.3. The summed E-state index contributed by atoms with van der Waals surface area (Å²) in [5.74, 6) is 1.24. The van der Waals surface area contributed by atoms with Crippen LogP contribution in [-0.2, 0) is 22.7 Å². The van der Waals surface area contributed by atoms with Crippen LogP contribution in [-0.4, -0.2) is 43.0 Å². The minimum Gasteiger partial charge on any atom is -0.389 e. The van der Waals surface area contributed by atoms with Crippen molar-refractivity contribution in [2.75, 3.05) is 0 Å². The SMILES string of the molecule is CC(C)(O)C1(C(=O)NCc2ncc(-c3ccc(-c4ccc(-c5cnc(CNC=O)[nH]5)cc4)cc3)[nH]2)CC1. The predicted octanol–water partition coefficient (Wildman–Crippen LogP) is 3.55. The lowest BCUT2D eigenvalue weighted by Crippen LogP contribution is -2.45. The second-order valence-electron chi connectivity index (χ2n) is 9.96. The Balaban J connectivity index is 1.21. The molecule has 5 N–H and O–H groups in total. The molecule has 1 aliphatic rings. The maximum absolute atomic E-state index is 12.6. The molecule has 9 heteroatoms. The monoisotopic (exact) mass is 498 g/mol. The van der Waals surface area contributed by atoms with Crippen LogP contribution >= 0.6 is 0 Å². The number of aliphatic hydroxyl groups is 1. The Morgan fingerprint density at radius 1 is 0.892 bits per heavy atom. The van der Waals surface area contributed by atoms with Crippen LogP contribution in [0.5, 0.6) is 0 Å². The molecule has 0 unspecified atom stereocenters. The topological polar surface area (TPSA) is 136 Å². The summed E-state index contributed by atoms with van der Waals surface area (Å²) in [4.78, 5) is 38.2. The number of hydrogen-bond acceptors (Lipinski definition) is 5. The van der Waals surface area contributed by atoms with E-state index in [1.165, 1.54) is 0 Å². The second kappa shape index (κ2) is 9.67. The van der Waals surface area contributed by atoms with Gasteiger partial charge < -0.3 is 25.7 Å². The fourth-order valence-corrected chi connectivity index (χ4v) is 4.60. The molecule has 2 amide bonds. The third-order valence-corrected chi connectivity index (χ3v) is 7.11. The fraction of sp³-hybridized carbons (Fsp3) is 0.286. The van der Waals surface area contributed by atoms with Crippen molar-refractivity contribution < 1.29 is 14.7 Å². The van der Waals surface area contributed by atoms with E-state index in [1.54, 1.807) is 26.2 Å². The van der Waals surface area contributed by atoms with Crippen LogP contribution in [0.1, 0.15) is 38.3 Å². The smallest absolute Gasteiger partial charge is 0.229 e. The Kier molecular flexibility index (Phi) is 6.39. The highest BCUT2D eigenvalue weighted by molar-refractivity contribution is 5.86. The summed E-state index contributed by atoms with van der Waals surface area (Å²) in [7, 11) is 0. The third-order valence-electron chi connectivity index (χ3n) is 7.11. The van der Waals surface area contributed by atoms with Gasteiger partial charge in [0.05, 0.1) is 47.9 Å². The quantitative estimate of drug-likeness (QED) is 0.213. The Hall–Kier alpha value is -4.24. The summed E-state index contributed by atoms with van der Waals surface area (Å²) in [5.41, 5.74) is 4.22. The van der Waals surface area contributed by atoms with E-state index < -0.39 is 11.0 Å². The molecule has 0 aliphatic heterocycles. The van der Waals surface area contributed by atoms with Gasteiger partial charge >= 0.3 is 0 Å². The molecule has 1 saturated carbocycles. The number of aromatic nitrogens is 4. The van der Waals surface area contributed by atoms with E-state index in [0.29, 0.717) is 37.4 Å². The normalized spacial score (nSPS) is 14.2. The van der Waals surface area contributed by atoms with Gasteiger partial charge in [-0.05, 0) is 48.9 Å². The maximum atomic E-state index is 12.6. The number of H-pyrrole nitrogens is 2. The molecule has 2 aromatic heterocycles. The van der Waals surface area contributed by atoms with Crippen LogP contribution in [0.4, 0.5) is 0 Å². The van der Waals surface area contributed by atoms with Gasteiger partial charge in [0.2, 0.25) is 12.3 Å². The predicted molar refractivity (Wildman–Crippen MR) is 140 cm³/mol. The average molecular weight is 499 g/mol. The second-order valence-corrected chi connectivity index (χ2v) is 9.96. The minimum absolute atomic E-state index is 0.129. The van der Waals surface area contributed by atoms with Gasteiger partial charge in [-0.15, -0.1) is 0 Å². The first-order valence-corrected chi connectivity index (χ1v) is 12.3. The summed E-state index contributed by atoms with van der Waals surface area (Å²) in [6, 6.07) is 16.4. The van der Waals surface area contributed by atoms with Crippen molar-refractivity contribution in [1.82, 2.24) is 30.6 Å². The lowest BCUT2D eigenvalue weighted by Gasteiger charge is -2.28. The van der Waals surface area contributed by atoms with Gasteiger partial charge in [0.25, 0.3) is 0 Å². The first kappa shape index (κ1) is 24.5. The van der Waals surface area contributed by atoms with Crippen molar-refractivity contribution in [1.29, 1.82) is 0 Å². The number of amides is 2. The molecular formula is C28H30N6O3.